The summed E-state index contributed by atoms with van der Waals surface area (Å²) in [6.45, 7) is 0. The maximum atomic E-state index is 9.62. The topological polar surface area (TPSA) is 20.2 Å². The Morgan fingerprint density at radius 3 is 2.39 bits per heavy atom. The third kappa shape index (κ3) is 1.40. The van der Waals surface area contributed by atoms with Crippen LogP contribution in [0.1, 0.15) is 24.0 Å². The van der Waals surface area contributed by atoms with E-state index < -0.39 is 0 Å². The van der Waals surface area contributed by atoms with Gasteiger partial charge in [-0.1, -0.05) is 30.3 Å². The Morgan fingerprint density at radius 2 is 1.67 bits per heavy atom. The third-order valence-electron chi connectivity index (χ3n) is 4.49. The fourth-order valence-electron chi connectivity index (χ4n) is 3.74. The number of rotatable bonds is 0. The van der Waals surface area contributed by atoms with Crippen molar-refractivity contribution in [2.45, 2.75) is 25.7 Å². The largest absolute Gasteiger partial charge is 0.508 e. The molecule has 1 aromatic rings. The Bertz CT molecular complexity index is 591. The second-order valence-corrected chi connectivity index (χ2v) is 5.83. The Morgan fingerprint density at radius 1 is 0.944 bits per heavy atom. The van der Waals surface area contributed by atoms with E-state index in [0.29, 0.717) is 11.2 Å². The van der Waals surface area contributed by atoms with Crippen LogP contribution >= 0.6 is 0 Å². The van der Waals surface area contributed by atoms with Crippen molar-refractivity contribution in [3.63, 3.8) is 0 Å². The van der Waals surface area contributed by atoms with E-state index in [2.05, 4.69) is 30.3 Å². The number of hydrogen-bond acceptors (Lipinski definition) is 1. The van der Waals surface area contributed by atoms with E-state index in [4.69, 9.17) is 0 Å². The van der Waals surface area contributed by atoms with Gasteiger partial charge >= 0.3 is 0 Å². The predicted octanol–water partition coefficient (Wildman–Crippen LogP) is 3.87. The first-order chi connectivity index (χ1) is 8.74. The number of benzene rings is 1. The summed E-state index contributed by atoms with van der Waals surface area (Å²) in [5, 5.41) is 9.62. The summed E-state index contributed by atoms with van der Waals surface area (Å²) in [6.07, 6.45) is 10.6. The van der Waals surface area contributed by atoms with E-state index in [-0.39, 0.29) is 0 Å². The number of hydrogen-bond donors (Lipinski definition) is 1. The van der Waals surface area contributed by atoms with Crippen molar-refractivity contribution in [2.75, 3.05) is 0 Å². The van der Waals surface area contributed by atoms with Crippen LogP contribution in [0.3, 0.4) is 0 Å². The van der Waals surface area contributed by atoms with Crippen molar-refractivity contribution in [2.24, 2.45) is 5.41 Å². The van der Waals surface area contributed by atoms with Gasteiger partial charge in [-0.2, -0.15) is 0 Å². The number of aliphatic hydroxyl groups excluding tert-OH is 1. The number of allylic oxidation sites excluding steroid dienone is 5. The minimum Gasteiger partial charge on any atom is -0.508 e. The monoisotopic (exact) mass is 236 g/mol. The standard InChI is InChI=1S/C17H16O/c18-16-6-5-14-10-17(11-15(14)7-16)8-12-3-1-2-4-13(12)9-17/h1-4,6-7,10,18H,5,8-9,11H2. The normalized spacial score (nSPS) is 23.2. The quantitative estimate of drug-likeness (QED) is 0.725. The van der Waals surface area contributed by atoms with Crippen LogP contribution in [-0.4, -0.2) is 5.11 Å². The van der Waals surface area contributed by atoms with Gasteiger partial charge in [-0.3, -0.25) is 0 Å². The summed E-state index contributed by atoms with van der Waals surface area (Å²) in [4.78, 5) is 0. The van der Waals surface area contributed by atoms with Crippen molar-refractivity contribution in [3.8, 4) is 0 Å². The van der Waals surface area contributed by atoms with Gasteiger partial charge in [0, 0.05) is 5.41 Å². The lowest BCUT2D eigenvalue weighted by Crippen LogP contribution is -2.14. The lowest BCUT2D eigenvalue weighted by Gasteiger charge is -2.20. The molecular formula is C17H16O. The zero-order chi connectivity index (χ0) is 12.2. The molecule has 1 nitrogen and oxygen atoms in total. The van der Waals surface area contributed by atoms with Gasteiger partial charge in [0.05, 0.1) is 0 Å². The van der Waals surface area contributed by atoms with Crippen LogP contribution in [0.4, 0.5) is 0 Å². The molecule has 3 aliphatic carbocycles. The number of aliphatic hydroxyl groups is 1. The molecule has 0 bridgehead atoms. The molecule has 0 unspecified atom stereocenters. The van der Waals surface area contributed by atoms with Crippen LogP contribution < -0.4 is 0 Å². The van der Waals surface area contributed by atoms with Gasteiger partial charge in [-0.25, -0.2) is 0 Å². The molecule has 4 rings (SSSR count). The Balaban J connectivity index is 1.71. The molecule has 0 aromatic heterocycles. The van der Waals surface area contributed by atoms with Crippen LogP contribution in [0.5, 0.6) is 0 Å². The van der Waals surface area contributed by atoms with Gasteiger partial charge < -0.3 is 5.11 Å². The highest BCUT2D eigenvalue weighted by atomic mass is 16.3. The summed E-state index contributed by atoms with van der Waals surface area (Å²) >= 11 is 0. The molecule has 0 atom stereocenters. The molecule has 0 fully saturated rings. The second kappa shape index (κ2) is 3.38. The lowest BCUT2D eigenvalue weighted by atomic mass is 9.83. The van der Waals surface area contributed by atoms with Gasteiger partial charge in [0.25, 0.3) is 0 Å². The molecule has 1 spiro atoms. The highest BCUT2D eigenvalue weighted by molar-refractivity contribution is 5.50. The van der Waals surface area contributed by atoms with Gasteiger partial charge in [0.1, 0.15) is 5.76 Å². The molecule has 0 heterocycles. The van der Waals surface area contributed by atoms with Crippen molar-refractivity contribution >= 4 is 0 Å². The Kier molecular flexibility index (Phi) is 1.91. The Hall–Kier alpha value is -1.76. The molecule has 0 saturated carbocycles. The molecular weight excluding hydrogens is 220 g/mol. The van der Waals surface area contributed by atoms with E-state index in [0.717, 1.165) is 25.7 Å². The van der Waals surface area contributed by atoms with E-state index in [1.165, 1.54) is 22.3 Å². The smallest absolute Gasteiger partial charge is 0.112 e. The van der Waals surface area contributed by atoms with Crippen LogP contribution in [0.15, 0.2) is 59.4 Å². The molecule has 1 N–H and O–H groups in total. The highest BCUT2D eigenvalue weighted by Gasteiger charge is 2.40. The first-order valence-electron chi connectivity index (χ1n) is 6.63. The summed E-state index contributed by atoms with van der Waals surface area (Å²) in [7, 11) is 0. The molecule has 0 saturated heterocycles. The maximum absolute atomic E-state index is 9.62. The maximum Gasteiger partial charge on any atom is 0.112 e. The summed E-state index contributed by atoms with van der Waals surface area (Å²) in [5.41, 5.74) is 6.09. The summed E-state index contributed by atoms with van der Waals surface area (Å²) in [6, 6.07) is 8.79. The van der Waals surface area contributed by atoms with Crippen molar-refractivity contribution in [1.29, 1.82) is 0 Å². The molecule has 0 amide bonds. The first kappa shape index (κ1) is 10.2. The molecule has 18 heavy (non-hydrogen) atoms. The fourth-order valence-corrected chi connectivity index (χ4v) is 3.74. The van der Waals surface area contributed by atoms with Gasteiger partial charge in [-0.05, 0) is 60.1 Å². The summed E-state index contributed by atoms with van der Waals surface area (Å²) in [5.74, 6) is 0.440. The van der Waals surface area contributed by atoms with Crippen molar-refractivity contribution < 1.29 is 5.11 Å². The first-order valence-corrected chi connectivity index (χ1v) is 6.63. The molecule has 0 aliphatic heterocycles. The van der Waals surface area contributed by atoms with E-state index in [1.54, 1.807) is 0 Å². The van der Waals surface area contributed by atoms with Gasteiger partial charge in [-0.15, -0.1) is 0 Å². The van der Waals surface area contributed by atoms with E-state index >= 15 is 0 Å². The summed E-state index contributed by atoms with van der Waals surface area (Å²) < 4.78 is 0. The van der Waals surface area contributed by atoms with Crippen LogP contribution in [-0.2, 0) is 12.8 Å². The lowest BCUT2D eigenvalue weighted by molar-refractivity contribution is 0.414. The molecule has 0 radical (unpaired) electrons. The SMILES string of the molecule is OC1=CCC2=CC3(CC2=C1)Cc1ccccc1C3. The highest BCUT2D eigenvalue weighted by Crippen LogP contribution is 2.50. The molecule has 3 aliphatic rings. The van der Waals surface area contributed by atoms with Gasteiger partial charge in [0.15, 0.2) is 0 Å². The van der Waals surface area contributed by atoms with Crippen LogP contribution in [0.2, 0.25) is 0 Å². The van der Waals surface area contributed by atoms with Gasteiger partial charge in [0.2, 0.25) is 0 Å². The minimum absolute atomic E-state index is 0.295. The van der Waals surface area contributed by atoms with Crippen LogP contribution in [0.25, 0.3) is 0 Å². The Labute approximate surface area is 107 Å². The number of fused-ring (bicyclic) bond motifs is 2. The predicted molar refractivity (Wildman–Crippen MR) is 72.4 cm³/mol. The zero-order valence-electron chi connectivity index (χ0n) is 10.3. The molecule has 1 aromatic carbocycles. The second-order valence-electron chi connectivity index (χ2n) is 5.83. The molecule has 1 heteroatoms. The van der Waals surface area contributed by atoms with Crippen molar-refractivity contribution in [3.05, 3.63) is 70.5 Å². The minimum atomic E-state index is 0.295. The van der Waals surface area contributed by atoms with Crippen molar-refractivity contribution in [1.82, 2.24) is 0 Å². The third-order valence-corrected chi connectivity index (χ3v) is 4.49. The zero-order valence-corrected chi connectivity index (χ0v) is 10.3. The van der Waals surface area contributed by atoms with E-state index in [9.17, 15) is 5.11 Å². The average Bonchev–Trinajstić information content (AvgIpc) is 2.87. The van der Waals surface area contributed by atoms with E-state index in [1.807, 2.05) is 12.2 Å². The van der Waals surface area contributed by atoms with Crippen LogP contribution in [0, 0.1) is 5.41 Å². The fraction of sp³-hybridized carbons (Fsp3) is 0.294. The average molecular weight is 236 g/mol. The molecule has 90 valence electrons.